The number of hydrogen-bond acceptors (Lipinski definition) is 1. The first-order valence-electron chi connectivity index (χ1n) is 7.84. The number of rotatable bonds is 4. The number of hydrogen-bond donors (Lipinski definition) is 2. The van der Waals surface area contributed by atoms with E-state index in [-0.39, 0.29) is 11.9 Å². The summed E-state index contributed by atoms with van der Waals surface area (Å²) in [4.78, 5) is 13.6. The van der Waals surface area contributed by atoms with Crippen LogP contribution in [0.2, 0.25) is 0 Å². The molecule has 0 radical (unpaired) electrons. The van der Waals surface area contributed by atoms with Crippen molar-refractivity contribution in [1.29, 1.82) is 0 Å². The monoisotopic (exact) mass is 283 g/mol. The van der Waals surface area contributed by atoms with Crippen molar-refractivity contribution in [1.82, 2.24) is 5.32 Å². The number of carbonyl (C=O) groups is 1. The molecule has 0 saturated carbocycles. The zero-order chi connectivity index (χ0) is 14.7. The van der Waals surface area contributed by atoms with Gasteiger partial charge in [0.05, 0.1) is 19.1 Å². The third-order valence-electron chi connectivity index (χ3n) is 4.39. The molecule has 1 atom stereocenters. The average Bonchev–Trinajstić information content (AvgIpc) is 2.99. The molecule has 0 aliphatic carbocycles. The van der Waals surface area contributed by atoms with E-state index in [0.29, 0.717) is 6.54 Å². The highest BCUT2D eigenvalue weighted by atomic mass is 16.2. The molecule has 110 valence electrons. The van der Waals surface area contributed by atoms with Crippen LogP contribution in [-0.4, -0.2) is 25.5 Å². The number of amides is 1. The normalized spacial score (nSPS) is 17.0. The summed E-state index contributed by atoms with van der Waals surface area (Å²) in [6.45, 7) is 4.94. The molecule has 1 fully saturated rings. The Bertz CT molecular complexity index is 627. The van der Waals surface area contributed by atoms with Gasteiger partial charge in [0.25, 0.3) is 5.91 Å². The summed E-state index contributed by atoms with van der Waals surface area (Å²) >= 11 is 0. The highest BCUT2D eigenvalue weighted by molar-refractivity contribution is 5.87. The van der Waals surface area contributed by atoms with Gasteiger partial charge in [-0.05, 0) is 23.3 Å². The van der Waals surface area contributed by atoms with Gasteiger partial charge >= 0.3 is 0 Å². The maximum Gasteiger partial charge on any atom is 0.275 e. The lowest BCUT2D eigenvalue weighted by atomic mass is 10.00. The second-order valence-corrected chi connectivity index (χ2v) is 5.99. The number of fused-ring (bicyclic) bond motifs is 1. The van der Waals surface area contributed by atoms with E-state index in [0.717, 1.165) is 13.1 Å². The Labute approximate surface area is 125 Å². The first-order chi connectivity index (χ1) is 10.2. The van der Waals surface area contributed by atoms with Crippen molar-refractivity contribution in [3.8, 4) is 0 Å². The molecule has 0 bridgehead atoms. The second-order valence-electron chi connectivity index (χ2n) is 5.99. The molecular weight excluding hydrogens is 260 g/mol. The first-order valence-corrected chi connectivity index (χ1v) is 7.84. The summed E-state index contributed by atoms with van der Waals surface area (Å²) in [7, 11) is 0. The molecule has 1 amide bonds. The van der Waals surface area contributed by atoms with E-state index in [2.05, 4.69) is 48.6 Å². The van der Waals surface area contributed by atoms with Gasteiger partial charge in [0.15, 0.2) is 6.54 Å². The number of nitrogens with one attached hydrogen (secondary N) is 2. The fourth-order valence-corrected chi connectivity index (χ4v) is 3.28. The molecule has 2 aromatic rings. The van der Waals surface area contributed by atoms with Crippen LogP contribution in [0.5, 0.6) is 0 Å². The molecule has 1 aliphatic heterocycles. The summed E-state index contributed by atoms with van der Waals surface area (Å²) in [6, 6.07) is 14.7. The Hall–Kier alpha value is -1.87. The summed E-state index contributed by atoms with van der Waals surface area (Å²) in [5, 5.41) is 5.60. The Morgan fingerprint density at radius 3 is 2.67 bits per heavy atom. The topological polar surface area (TPSA) is 33.5 Å². The minimum absolute atomic E-state index is 0.0469. The molecule has 1 aliphatic rings. The van der Waals surface area contributed by atoms with Crippen molar-refractivity contribution in [2.24, 2.45) is 0 Å². The van der Waals surface area contributed by atoms with Gasteiger partial charge in [0.2, 0.25) is 0 Å². The molecule has 0 unspecified atom stereocenters. The molecular formula is C18H23N2O+. The van der Waals surface area contributed by atoms with Gasteiger partial charge in [-0.15, -0.1) is 0 Å². The van der Waals surface area contributed by atoms with E-state index in [1.165, 1.54) is 34.1 Å². The van der Waals surface area contributed by atoms with Gasteiger partial charge in [-0.25, -0.2) is 0 Å². The smallest absolute Gasteiger partial charge is 0.275 e. The highest BCUT2D eigenvalue weighted by Gasteiger charge is 2.20. The van der Waals surface area contributed by atoms with Crippen LogP contribution in [-0.2, 0) is 4.79 Å². The Balaban J connectivity index is 1.71. The summed E-state index contributed by atoms with van der Waals surface area (Å²) < 4.78 is 0. The van der Waals surface area contributed by atoms with Crippen LogP contribution in [0.25, 0.3) is 10.8 Å². The molecule has 1 saturated heterocycles. The van der Waals surface area contributed by atoms with Crippen molar-refractivity contribution in [2.45, 2.75) is 25.8 Å². The van der Waals surface area contributed by atoms with Crippen LogP contribution in [0.15, 0.2) is 42.5 Å². The predicted molar refractivity (Wildman–Crippen MR) is 85.3 cm³/mol. The standard InChI is InChI=1S/C18H22N2O/c1-14(19-18(21)13-20-11-4-5-12-20)16-10-6-8-15-7-2-3-9-17(15)16/h2-3,6-10,14H,4-5,11-13H2,1H3,(H,19,21)/p+1/t14-/m0/s1. The minimum atomic E-state index is 0.0469. The van der Waals surface area contributed by atoms with Gasteiger partial charge in [0, 0.05) is 12.8 Å². The van der Waals surface area contributed by atoms with Gasteiger partial charge in [0.1, 0.15) is 0 Å². The SMILES string of the molecule is C[C@H](NC(=O)C[NH+]1CCCC1)c1cccc2ccccc12. The van der Waals surface area contributed by atoms with Crippen molar-refractivity contribution in [3.05, 3.63) is 48.0 Å². The zero-order valence-electron chi connectivity index (χ0n) is 12.6. The summed E-state index contributed by atoms with van der Waals surface area (Å²) in [5.74, 6) is 0.160. The molecule has 1 heterocycles. The van der Waals surface area contributed by atoms with Gasteiger partial charge in [-0.1, -0.05) is 42.5 Å². The second kappa shape index (κ2) is 6.27. The average molecular weight is 283 g/mol. The lowest BCUT2D eigenvalue weighted by Gasteiger charge is -2.18. The third-order valence-corrected chi connectivity index (χ3v) is 4.39. The van der Waals surface area contributed by atoms with Gasteiger partial charge < -0.3 is 10.2 Å². The maximum atomic E-state index is 12.2. The molecule has 0 spiro atoms. The van der Waals surface area contributed by atoms with Gasteiger partial charge in [-0.3, -0.25) is 4.79 Å². The fraction of sp³-hybridized carbons (Fsp3) is 0.389. The fourth-order valence-electron chi connectivity index (χ4n) is 3.28. The number of benzene rings is 2. The van der Waals surface area contributed by atoms with E-state index in [4.69, 9.17) is 0 Å². The molecule has 0 aromatic heterocycles. The lowest BCUT2D eigenvalue weighted by molar-refractivity contribution is -0.879. The van der Waals surface area contributed by atoms with Crippen LogP contribution < -0.4 is 10.2 Å². The van der Waals surface area contributed by atoms with Crippen molar-refractivity contribution >= 4 is 16.7 Å². The highest BCUT2D eigenvalue weighted by Crippen LogP contribution is 2.23. The third kappa shape index (κ3) is 3.24. The molecule has 3 heteroatoms. The van der Waals surface area contributed by atoms with Crippen molar-refractivity contribution in [2.75, 3.05) is 19.6 Å². The van der Waals surface area contributed by atoms with Crippen molar-refractivity contribution in [3.63, 3.8) is 0 Å². The number of likely N-dealkylation sites (tertiary alicyclic amines) is 1. The van der Waals surface area contributed by atoms with Crippen LogP contribution in [0.1, 0.15) is 31.4 Å². The van der Waals surface area contributed by atoms with Crippen molar-refractivity contribution < 1.29 is 9.69 Å². The Kier molecular flexibility index (Phi) is 4.20. The Morgan fingerprint density at radius 1 is 1.14 bits per heavy atom. The van der Waals surface area contributed by atoms with Crippen LogP contribution in [0.3, 0.4) is 0 Å². The van der Waals surface area contributed by atoms with Crippen LogP contribution in [0.4, 0.5) is 0 Å². The molecule has 3 nitrogen and oxygen atoms in total. The summed E-state index contributed by atoms with van der Waals surface area (Å²) in [6.07, 6.45) is 2.50. The maximum absolute atomic E-state index is 12.2. The van der Waals surface area contributed by atoms with Crippen LogP contribution >= 0.6 is 0 Å². The predicted octanol–water partition coefficient (Wildman–Crippen LogP) is 1.70. The van der Waals surface area contributed by atoms with Gasteiger partial charge in [-0.2, -0.15) is 0 Å². The zero-order valence-corrected chi connectivity index (χ0v) is 12.6. The number of quaternary nitrogens is 1. The molecule has 2 aromatic carbocycles. The minimum Gasteiger partial charge on any atom is -0.345 e. The van der Waals surface area contributed by atoms with E-state index in [1.807, 2.05) is 6.07 Å². The molecule has 2 N–H and O–H groups in total. The quantitative estimate of drug-likeness (QED) is 0.880. The van der Waals surface area contributed by atoms with E-state index in [9.17, 15) is 4.79 Å². The lowest BCUT2D eigenvalue weighted by Crippen LogP contribution is -3.11. The summed E-state index contributed by atoms with van der Waals surface area (Å²) in [5.41, 5.74) is 1.19. The Morgan fingerprint density at radius 2 is 1.86 bits per heavy atom. The van der Waals surface area contributed by atoms with E-state index >= 15 is 0 Å². The van der Waals surface area contributed by atoms with E-state index < -0.39 is 0 Å². The number of carbonyl (C=O) groups excluding carboxylic acids is 1. The molecule has 21 heavy (non-hydrogen) atoms. The first kappa shape index (κ1) is 14.1. The van der Waals surface area contributed by atoms with Crippen LogP contribution in [0, 0.1) is 0 Å². The van der Waals surface area contributed by atoms with E-state index in [1.54, 1.807) is 0 Å². The molecule has 3 rings (SSSR count). The largest absolute Gasteiger partial charge is 0.345 e.